The Bertz CT molecular complexity index is 5620. The summed E-state index contributed by atoms with van der Waals surface area (Å²) in [7, 11) is 0. The second kappa shape index (κ2) is 55.6. The van der Waals surface area contributed by atoms with Gasteiger partial charge in [-0.3, -0.25) is 34.1 Å². The number of anilines is 2. The summed E-state index contributed by atoms with van der Waals surface area (Å²) in [6.07, 6.45) is 9.85. The van der Waals surface area contributed by atoms with Crippen LogP contribution in [0.5, 0.6) is 0 Å². The lowest BCUT2D eigenvalue weighted by Gasteiger charge is -2.47. The average Bonchev–Trinajstić information content (AvgIpc) is 0.796. The second-order valence-corrected chi connectivity index (χ2v) is 60.5. The van der Waals surface area contributed by atoms with Crippen molar-refractivity contribution >= 4 is 197 Å². The van der Waals surface area contributed by atoms with E-state index in [4.69, 9.17) is 18.9 Å². The van der Waals surface area contributed by atoms with Crippen molar-refractivity contribution in [3.05, 3.63) is 253 Å². The topological polar surface area (TPSA) is 210 Å². The minimum atomic E-state index is -0.627. The quantitative estimate of drug-likeness (QED) is 0.0141. The molecule has 146 heavy (non-hydrogen) atoms. The monoisotopic (exact) mass is 2190 g/mol. The van der Waals surface area contributed by atoms with Gasteiger partial charge in [-0.2, -0.15) is 0 Å². The van der Waals surface area contributed by atoms with Gasteiger partial charge in [0, 0.05) is 140 Å². The van der Waals surface area contributed by atoms with Gasteiger partial charge in [-0.1, -0.05) is 231 Å². The van der Waals surface area contributed by atoms with Crippen molar-refractivity contribution < 1.29 is 57.3 Å². The van der Waals surface area contributed by atoms with Crippen molar-refractivity contribution in [2.75, 3.05) is 37.1 Å². The number of amides is 3. The summed E-state index contributed by atoms with van der Waals surface area (Å²) < 4.78 is 22.8. The summed E-state index contributed by atoms with van der Waals surface area (Å²) in [5, 5.41) is 8.90. The lowest BCUT2D eigenvalue weighted by Crippen LogP contribution is -2.47. The maximum Gasteiger partial charge on any atom is 0.411 e. The number of unbranched alkanes of at least 4 members (excludes halogenated alkanes) is 2. The fourth-order valence-electron chi connectivity index (χ4n) is 18.3. The van der Waals surface area contributed by atoms with Crippen LogP contribution in [0.3, 0.4) is 0 Å². The number of thioether (sulfide) groups is 8. The number of hydrogen-bond donors (Lipinski definition) is 3. The van der Waals surface area contributed by atoms with Gasteiger partial charge in [0.15, 0.2) is 15.3 Å². The molecule has 2 aliphatic carbocycles. The van der Waals surface area contributed by atoms with E-state index >= 15 is 0 Å². The molecular formula is C119H145N3O12S12. The molecule has 2 saturated carbocycles. The first-order chi connectivity index (χ1) is 68.9. The molecule has 780 valence electrons. The summed E-state index contributed by atoms with van der Waals surface area (Å²) in [6.45, 7) is 44.9. The van der Waals surface area contributed by atoms with Gasteiger partial charge in [-0.25, -0.2) is 9.59 Å². The summed E-state index contributed by atoms with van der Waals surface area (Å²) in [4.78, 5) is 122. The zero-order valence-corrected chi connectivity index (χ0v) is 98.0. The number of rotatable bonds is 41. The van der Waals surface area contributed by atoms with E-state index in [9.17, 15) is 38.4 Å². The molecule has 2 fully saturated rings. The Morgan fingerprint density at radius 2 is 0.658 bits per heavy atom. The first kappa shape index (κ1) is 119. The van der Waals surface area contributed by atoms with Crippen molar-refractivity contribution in [1.82, 2.24) is 5.32 Å². The van der Waals surface area contributed by atoms with E-state index in [2.05, 4.69) is 262 Å². The molecule has 4 atom stereocenters. The Balaban J connectivity index is 0.000000279. The average molecular weight is 2190 g/mol. The molecule has 0 heterocycles. The van der Waals surface area contributed by atoms with E-state index in [1.165, 1.54) is 64.7 Å². The van der Waals surface area contributed by atoms with Gasteiger partial charge in [0.25, 0.3) is 5.24 Å². The molecule has 0 bridgehead atoms. The SMILES string of the molecule is CC1(C)CC(CC(=O)OCCCCOC(=O)NC2CC(C)(C)CC(C)(CCC(=O)Sc3ccc(Sc4ccc(SC(C)(C)C)cc4)cc3)C2)CC(C)(CCC(=O)Sc2ccc(Sc3ccc(SC(C)(C)C)cc3)cc2)C1.Cc1ccc(CC(=O)OCCCCOC(=O)Nc2ccc(C)c(NC(=O)Sc3ccc(Sc4ccc(SC(C)(C)C)cc4)cc3)c2)cc1CC(=O)Sc1ccc(Sc2ccc(SC(C)(C)C)cc2)cc1. The molecule has 10 aromatic carbocycles. The van der Waals surface area contributed by atoms with Gasteiger partial charge in [0.2, 0.25) is 0 Å². The maximum absolute atomic E-state index is 13.3. The summed E-state index contributed by atoms with van der Waals surface area (Å²) >= 11 is 19.2. The van der Waals surface area contributed by atoms with Gasteiger partial charge in [-0.15, -0.1) is 47.0 Å². The fraction of sp³-hybridized carbons (Fsp3) is 0.429. The van der Waals surface area contributed by atoms with Crippen molar-refractivity contribution in [2.45, 2.75) is 351 Å². The molecule has 0 spiro atoms. The van der Waals surface area contributed by atoms with Gasteiger partial charge in [0.05, 0.1) is 32.8 Å². The molecule has 0 radical (unpaired) electrons. The molecule has 3 N–H and O–H groups in total. The molecule has 15 nitrogen and oxygen atoms in total. The third-order valence-corrected chi connectivity index (χ3v) is 35.7. The zero-order chi connectivity index (χ0) is 106. The Labute approximate surface area is 919 Å². The van der Waals surface area contributed by atoms with Crippen LogP contribution in [0.4, 0.5) is 25.8 Å². The predicted molar refractivity (Wildman–Crippen MR) is 619 cm³/mol. The third-order valence-electron chi connectivity index (χ3n) is 23.6. The molecular weight excluding hydrogens is 2050 g/mol. The molecule has 27 heteroatoms. The first-order valence-electron chi connectivity index (χ1n) is 50.1. The standard InChI is InChI=1S/C63H85NO6S6.C56H60N2O6S6/c1-58(2,3)75-52-27-23-48(24-28-52)71-46-15-19-50(20-16-46)73-55(66)31-33-62(11)39-44(38-60(7,8)42-62)37-54(65)69-35-13-14-36-70-57(68)64-45-40-61(9,10)43-63(12,41-45)34-32-56(67)74-51-21-17-47(18-22-51)72-49-25-29-53(30-26-49)76-59(4,5)6;1-37-11-13-39(33-40(37)35-52(60)67-46-19-15-42(16-20-46)65-44-23-27-48(28-24-44)69-55(3,4)5)34-51(59)63-31-9-10-32-64-53(61)57-41-14-12-38(2)50(36-41)58-54(62)68-47-21-17-43(18-22-47)66-45-25-29-49(30-26-45)70-56(6,7)8/h15-30,44-45H,13-14,31-43H2,1-12H3,(H,64,68);11-30,33,36H,9-10,31-32,34-35H2,1-8H3,(H,57,61)(H,58,62). The number of nitrogens with one attached hydrogen (secondary N) is 3. The number of carbonyl (C=O) groups is 8. The molecule has 2 aliphatic rings. The molecule has 10 aromatic rings. The Kier molecular flexibility index (Phi) is 45.2. The van der Waals surface area contributed by atoms with Crippen LogP contribution in [0.2, 0.25) is 0 Å². The van der Waals surface area contributed by atoms with Crippen molar-refractivity contribution in [3.8, 4) is 0 Å². The molecule has 0 saturated heterocycles. The van der Waals surface area contributed by atoms with E-state index in [-0.39, 0.29) is 124 Å². The van der Waals surface area contributed by atoms with Crippen LogP contribution in [0.25, 0.3) is 0 Å². The lowest BCUT2D eigenvalue weighted by molar-refractivity contribution is -0.146. The number of hydrogen-bond acceptors (Lipinski definition) is 24. The second-order valence-electron chi connectivity index (χ2n) is 43.9. The predicted octanol–water partition coefficient (Wildman–Crippen LogP) is 35.8. The highest BCUT2D eigenvalue weighted by Gasteiger charge is 2.44. The van der Waals surface area contributed by atoms with Crippen LogP contribution < -0.4 is 16.0 Å². The van der Waals surface area contributed by atoms with Crippen LogP contribution in [0, 0.1) is 41.4 Å². The van der Waals surface area contributed by atoms with Crippen molar-refractivity contribution in [3.63, 3.8) is 0 Å². The van der Waals surface area contributed by atoms with Crippen LogP contribution in [0.15, 0.2) is 309 Å². The zero-order valence-electron chi connectivity index (χ0n) is 88.2. The Morgan fingerprint density at radius 3 is 1.05 bits per heavy atom. The van der Waals surface area contributed by atoms with Crippen molar-refractivity contribution in [1.29, 1.82) is 0 Å². The number of ether oxygens (including phenoxy) is 4. The number of aryl methyl sites for hydroxylation is 2. The van der Waals surface area contributed by atoms with Crippen molar-refractivity contribution in [2.24, 2.45) is 27.6 Å². The molecule has 3 amide bonds. The number of carbonyl (C=O) groups excluding carboxylic acids is 8. The summed E-state index contributed by atoms with van der Waals surface area (Å²) in [5.74, 6) is -0.359. The van der Waals surface area contributed by atoms with Crippen LogP contribution >= 0.6 is 141 Å². The minimum absolute atomic E-state index is 0.00262. The Morgan fingerprint density at radius 1 is 0.329 bits per heavy atom. The molecule has 0 aliphatic heterocycles. The van der Waals surface area contributed by atoms with Crippen LogP contribution in [-0.4, -0.2) is 96.2 Å². The fourth-order valence-corrected chi connectivity index (χ4v) is 28.3. The largest absolute Gasteiger partial charge is 0.466 e. The highest BCUT2D eigenvalue weighted by Crippen LogP contribution is 2.54. The lowest BCUT2D eigenvalue weighted by atomic mass is 9.59. The first-order valence-corrected chi connectivity index (χ1v) is 59.9. The van der Waals surface area contributed by atoms with E-state index < -0.39 is 12.2 Å². The van der Waals surface area contributed by atoms with E-state index in [0.29, 0.717) is 56.3 Å². The highest BCUT2D eigenvalue weighted by atomic mass is 32.2. The van der Waals surface area contributed by atoms with E-state index in [1.54, 1.807) is 59.2 Å². The summed E-state index contributed by atoms with van der Waals surface area (Å²) in [6, 6.07) is 78.0. The van der Waals surface area contributed by atoms with Gasteiger partial charge in [0.1, 0.15) is 0 Å². The van der Waals surface area contributed by atoms with Gasteiger partial charge in [-0.05, 0) is 359 Å². The number of alkyl carbamates (subject to hydrolysis) is 1. The molecule has 0 aromatic heterocycles. The van der Waals surface area contributed by atoms with Crippen LogP contribution in [0.1, 0.15) is 243 Å². The maximum atomic E-state index is 13.3. The minimum Gasteiger partial charge on any atom is -0.466 e. The smallest absolute Gasteiger partial charge is 0.411 e. The summed E-state index contributed by atoms with van der Waals surface area (Å²) in [5.41, 5.74) is 4.46. The molecule has 4 unspecified atom stereocenters. The molecule has 12 rings (SSSR count). The van der Waals surface area contributed by atoms with E-state index in [1.807, 2.05) is 158 Å². The van der Waals surface area contributed by atoms with Gasteiger partial charge >= 0.3 is 24.1 Å². The normalized spacial score (nSPS) is 16.6. The Hall–Kier alpha value is -7.64. The van der Waals surface area contributed by atoms with Gasteiger partial charge < -0.3 is 29.6 Å². The highest BCUT2D eigenvalue weighted by molar-refractivity contribution is 8.14. The van der Waals surface area contributed by atoms with Crippen LogP contribution in [-0.2, 0) is 55.8 Å². The van der Waals surface area contributed by atoms with E-state index in [0.717, 1.165) is 134 Å². The number of esters is 2. The third kappa shape index (κ3) is 44.7. The number of benzene rings is 10.